The Morgan fingerprint density at radius 2 is 2.38 bits per heavy atom. The topological polar surface area (TPSA) is 96.0 Å². The van der Waals surface area contributed by atoms with Crippen LogP contribution in [0.25, 0.3) is 0 Å². The SMILES string of the molecule is Cc1cc(CO)cc(NC[C@@H]2CCO[C@@H]2c2ncn[nH]2)n1. The van der Waals surface area contributed by atoms with E-state index in [0.717, 1.165) is 42.5 Å². The Morgan fingerprint density at radius 3 is 3.14 bits per heavy atom. The van der Waals surface area contributed by atoms with Gasteiger partial charge < -0.3 is 15.2 Å². The largest absolute Gasteiger partial charge is 0.392 e. The number of hydrogen-bond acceptors (Lipinski definition) is 6. The van der Waals surface area contributed by atoms with Gasteiger partial charge >= 0.3 is 0 Å². The highest BCUT2D eigenvalue weighted by atomic mass is 16.5. The number of hydrogen-bond donors (Lipinski definition) is 3. The van der Waals surface area contributed by atoms with E-state index in [1.807, 2.05) is 19.1 Å². The van der Waals surface area contributed by atoms with Crippen LogP contribution in [0.5, 0.6) is 0 Å². The summed E-state index contributed by atoms with van der Waals surface area (Å²) in [6, 6.07) is 3.74. The van der Waals surface area contributed by atoms with Crippen LogP contribution in [-0.4, -0.2) is 38.4 Å². The lowest BCUT2D eigenvalue weighted by molar-refractivity contribution is 0.0864. The number of H-pyrrole nitrogens is 1. The molecule has 0 bridgehead atoms. The van der Waals surface area contributed by atoms with Crippen molar-refractivity contribution >= 4 is 5.82 Å². The van der Waals surface area contributed by atoms with Crippen LogP contribution in [0.15, 0.2) is 18.5 Å². The van der Waals surface area contributed by atoms with Crippen LogP contribution < -0.4 is 5.32 Å². The highest BCUT2D eigenvalue weighted by molar-refractivity contribution is 5.39. The van der Waals surface area contributed by atoms with Crippen LogP contribution in [0.2, 0.25) is 0 Å². The second-order valence-corrected chi connectivity index (χ2v) is 5.25. The average Bonchev–Trinajstić information content (AvgIpc) is 3.15. The van der Waals surface area contributed by atoms with Crippen molar-refractivity contribution < 1.29 is 9.84 Å². The fraction of sp³-hybridized carbons (Fsp3) is 0.500. The van der Waals surface area contributed by atoms with Crippen LogP contribution in [-0.2, 0) is 11.3 Å². The van der Waals surface area contributed by atoms with E-state index in [4.69, 9.17) is 4.74 Å². The molecule has 0 unspecified atom stereocenters. The molecule has 0 spiro atoms. The molecule has 21 heavy (non-hydrogen) atoms. The molecule has 1 aliphatic rings. The maximum Gasteiger partial charge on any atom is 0.153 e. The predicted molar refractivity (Wildman–Crippen MR) is 76.6 cm³/mol. The molecule has 2 atom stereocenters. The molecule has 0 saturated carbocycles. The second kappa shape index (κ2) is 6.19. The van der Waals surface area contributed by atoms with Gasteiger partial charge in [0.1, 0.15) is 18.2 Å². The number of aliphatic hydroxyl groups excluding tert-OH is 1. The molecule has 7 heteroatoms. The number of anilines is 1. The summed E-state index contributed by atoms with van der Waals surface area (Å²) >= 11 is 0. The summed E-state index contributed by atoms with van der Waals surface area (Å²) in [5, 5.41) is 19.3. The summed E-state index contributed by atoms with van der Waals surface area (Å²) in [7, 11) is 0. The molecule has 1 fully saturated rings. The first-order chi connectivity index (χ1) is 10.3. The quantitative estimate of drug-likeness (QED) is 0.765. The Morgan fingerprint density at radius 1 is 1.48 bits per heavy atom. The standard InChI is InChI=1S/C14H19N5O2/c1-9-4-10(7-20)5-12(18-9)15-6-11-2-3-21-13(11)14-16-8-17-19-14/h4-5,8,11,13,20H,2-3,6-7H2,1H3,(H,15,18)(H,16,17,19)/t11-,13-/m0/s1. The van der Waals surface area contributed by atoms with Gasteiger partial charge in [0.05, 0.1) is 6.61 Å². The molecule has 2 aromatic heterocycles. The Labute approximate surface area is 122 Å². The zero-order valence-corrected chi connectivity index (χ0v) is 11.9. The summed E-state index contributed by atoms with van der Waals surface area (Å²) < 4.78 is 5.73. The molecule has 0 amide bonds. The van der Waals surface area contributed by atoms with Gasteiger partial charge in [0, 0.05) is 24.8 Å². The summed E-state index contributed by atoms with van der Waals surface area (Å²) in [5.41, 5.74) is 1.75. The van der Waals surface area contributed by atoms with Crippen LogP contribution in [0, 0.1) is 12.8 Å². The van der Waals surface area contributed by atoms with E-state index in [1.165, 1.54) is 6.33 Å². The van der Waals surface area contributed by atoms with Crippen LogP contribution in [0.1, 0.15) is 29.6 Å². The molecule has 112 valence electrons. The molecular weight excluding hydrogens is 270 g/mol. The molecular formula is C14H19N5O2. The predicted octanol–water partition coefficient (Wildman–Crippen LogP) is 1.19. The van der Waals surface area contributed by atoms with Gasteiger partial charge in [-0.25, -0.2) is 9.97 Å². The van der Waals surface area contributed by atoms with E-state index in [2.05, 4.69) is 25.5 Å². The van der Waals surface area contributed by atoms with Gasteiger partial charge in [0.25, 0.3) is 0 Å². The number of nitrogens with zero attached hydrogens (tertiary/aromatic N) is 3. The Hall–Kier alpha value is -1.99. The lowest BCUT2D eigenvalue weighted by Gasteiger charge is -2.17. The first-order valence-electron chi connectivity index (χ1n) is 7.05. The van der Waals surface area contributed by atoms with Gasteiger partial charge in [-0.05, 0) is 31.0 Å². The maximum absolute atomic E-state index is 9.24. The summed E-state index contributed by atoms with van der Waals surface area (Å²) in [6.45, 7) is 3.40. The molecule has 1 aliphatic heterocycles. The molecule has 7 nitrogen and oxygen atoms in total. The minimum Gasteiger partial charge on any atom is -0.392 e. The minimum absolute atomic E-state index is 0.0191. The van der Waals surface area contributed by atoms with Crippen molar-refractivity contribution in [3.63, 3.8) is 0 Å². The van der Waals surface area contributed by atoms with Crippen molar-refractivity contribution in [1.82, 2.24) is 20.2 Å². The third-order valence-corrected chi connectivity index (χ3v) is 3.66. The van der Waals surface area contributed by atoms with Gasteiger partial charge in [-0.15, -0.1) is 0 Å². The monoisotopic (exact) mass is 289 g/mol. The molecule has 3 rings (SSSR count). The van der Waals surface area contributed by atoms with Gasteiger partial charge in [-0.1, -0.05) is 0 Å². The lowest BCUT2D eigenvalue weighted by Crippen LogP contribution is -2.19. The number of aliphatic hydroxyl groups is 1. The van der Waals surface area contributed by atoms with E-state index < -0.39 is 0 Å². The zero-order chi connectivity index (χ0) is 14.7. The van der Waals surface area contributed by atoms with Crippen molar-refractivity contribution in [3.05, 3.63) is 35.5 Å². The summed E-state index contributed by atoms with van der Waals surface area (Å²) in [4.78, 5) is 8.61. The molecule has 1 saturated heterocycles. The number of ether oxygens (including phenoxy) is 1. The number of nitrogens with one attached hydrogen (secondary N) is 2. The smallest absolute Gasteiger partial charge is 0.153 e. The van der Waals surface area contributed by atoms with Gasteiger partial charge in [-0.3, -0.25) is 5.10 Å². The summed E-state index contributed by atoms with van der Waals surface area (Å²) in [6.07, 6.45) is 2.41. The molecule has 0 radical (unpaired) electrons. The third-order valence-electron chi connectivity index (χ3n) is 3.66. The normalized spacial score (nSPS) is 21.6. The molecule has 0 aliphatic carbocycles. The van der Waals surface area contributed by atoms with E-state index in [9.17, 15) is 5.11 Å². The Balaban J connectivity index is 1.65. The second-order valence-electron chi connectivity index (χ2n) is 5.25. The van der Waals surface area contributed by atoms with E-state index >= 15 is 0 Å². The van der Waals surface area contributed by atoms with Crippen molar-refractivity contribution in [3.8, 4) is 0 Å². The first kappa shape index (κ1) is 14.0. The van der Waals surface area contributed by atoms with Gasteiger partial charge in [0.15, 0.2) is 5.82 Å². The molecule has 3 N–H and O–H groups in total. The lowest BCUT2D eigenvalue weighted by atomic mass is 10.0. The highest BCUT2D eigenvalue weighted by Gasteiger charge is 2.31. The number of rotatable bonds is 5. The van der Waals surface area contributed by atoms with Crippen molar-refractivity contribution in [1.29, 1.82) is 0 Å². The van der Waals surface area contributed by atoms with E-state index in [-0.39, 0.29) is 12.7 Å². The van der Waals surface area contributed by atoms with Crippen molar-refractivity contribution in [2.24, 2.45) is 5.92 Å². The van der Waals surface area contributed by atoms with Crippen LogP contribution in [0.3, 0.4) is 0 Å². The number of aromatic amines is 1. The van der Waals surface area contributed by atoms with E-state index in [1.54, 1.807) is 0 Å². The Bertz CT molecular complexity index is 587. The molecule has 0 aromatic carbocycles. The van der Waals surface area contributed by atoms with Crippen molar-refractivity contribution in [2.75, 3.05) is 18.5 Å². The average molecular weight is 289 g/mol. The first-order valence-corrected chi connectivity index (χ1v) is 7.05. The van der Waals surface area contributed by atoms with Gasteiger partial charge in [-0.2, -0.15) is 5.10 Å². The third kappa shape index (κ3) is 3.20. The molecule has 2 aromatic rings. The summed E-state index contributed by atoms with van der Waals surface area (Å²) in [5.74, 6) is 1.87. The Kier molecular flexibility index (Phi) is 4.12. The van der Waals surface area contributed by atoms with Crippen LogP contribution in [0.4, 0.5) is 5.82 Å². The zero-order valence-electron chi connectivity index (χ0n) is 11.9. The van der Waals surface area contributed by atoms with Crippen molar-refractivity contribution in [2.45, 2.75) is 26.1 Å². The fourth-order valence-corrected chi connectivity index (χ4v) is 2.65. The fourth-order valence-electron chi connectivity index (χ4n) is 2.65. The van der Waals surface area contributed by atoms with Crippen LogP contribution >= 0.6 is 0 Å². The number of aryl methyl sites for hydroxylation is 1. The number of pyridine rings is 1. The maximum atomic E-state index is 9.24. The van der Waals surface area contributed by atoms with E-state index in [0.29, 0.717) is 5.92 Å². The van der Waals surface area contributed by atoms with Gasteiger partial charge in [0.2, 0.25) is 0 Å². The molecule has 3 heterocycles. The number of aromatic nitrogens is 4. The highest BCUT2D eigenvalue weighted by Crippen LogP contribution is 2.32. The minimum atomic E-state index is -0.0536.